The summed E-state index contributed by atoms with van der Waals surface area (Å²) in [6.45, 7) is 6.50. The highest BCUT2D eigenvalue weighted by molar-refractivity contribution is 5.84. The molecule has 21 heavy (non-hydrogen) atoms. The van der Waals surface area contributed by atoms with E-state index in [1.54, 1.807) is 0 Å². The first-order chi connectivity index (χ1) is 10.1. The van der Waals surface area contributed by atoms with Crippen molar-refractivity contribution in [3.63, 3.8) is 0 Å². The minimum Gasteiger partial charge on any atom is -0.311 e. The summed E-state index contributed by atoms with van der Waals surface area (Å²) >= 11 is 0. The number of aromatic nitrogens is 1. The van der Waals surface area contributed by atoms with Gasteiger partial charge in [-0.15, -0.1) is 0 Å². The first-order valence-electron chi connectivity index (χ1n) is 7.76. The summed E-state index contributed by atoms with van der Waals surface area (Å²) in [5.41, 5.74) is 1.34. The van der Waals surface area contributed by atoms with Gasteiger partial charge in [-0.05, 0) is 43.5 Å². The van der Waals surface area contributed by atoms with Gasteiger partial charge < -0.3 is 10.2 Å². The van der Waals surface area contributed by atoms with E-state index in [1.807, 2.05) is 12.4 Å². The Morgan fingerprint density at radius 3 is 2.71 bits per heavy atom. The van der Waals surface area contributed by atoms with Gasteiger partial charge in [0.05, 0.1) is 0 Å². The molecular formula is C18H27N3. The third-order valence-corrected chi connectivity index (χ3v) is 3.94. The summed E-state index contributed by atoms with van der Waals surface area (Å²) in [7, 11) is 4.33. The highest BCUT2D eigenvalue weighted by Crippen LogP contribution is 2.17. The van der Waals surface area contributed by atoms with Crippen LogP contribution in [0.2, 0.25) is 0 Å². The molecular weight excluding hydrogens is 258 g/mol. The van der Waals surface area contributed by atoms with Gasteiger partial charge >= 0.3 is 0 Å². The molecule has 0 fully saturated rings. The van der Waals surface area contributed by atoms with Crippen LogP contribution in [0.3, 0.4) is 0 Å². The SMILES string of the molecule is CC(C)CC(CNCc1cccc2cnccc12)N(C)C. The molecule has 0 aliphatic rings. The van der Waals surface area contributed by atoms with Crippen molar-refractivity contribution in [2.24, 2.45) is 5.92 Å². The molecule has 0 radical (unpaired) electrons. The van der Waals surface area contributed by atoms with E-state index < -0.39 is 0 Å². The molecule has 2 rings (SSSR count). The van der Waals surface area contributed by atoms with E-state index in [-0.39, 0.29) is 0 Å². The van der Waals surface area contributed by atoms with Crippen LogP contribution in [0.5, 0.6) is 0 Å². The van der Waals surface area contributed by atoms with E-state index >= 15 is 0 Å². The van der Waals surface area contributed by atoms with E-state index in [0.29, 0.717) is 6.04 Å². The second-order valence-electron chi connectivity index (χ2n) is 6.39. The van der Waals surface area contributed by atoms with Crippen LogP contribution in [0.1, 0.15) is 25.8 Å². The molecule has 0 aliphatic carbocycles. The Balaban J connectivity index is 1.98. The van der Waals surface area contributed by atoms with Gasteiger partial charge in [-0.25, -0.2) is 0 Å². The molecule has 3 nitrogen and oxygen atoms in total. The lowest BCUT2D eigenvalue weighted by Gasteiger charge is -2.26. The minimum atomic E-state index is 0.585. The van der Waals surface area contributed by atoms with Gasteiger partial charge in [-0.1, -0.05) is 32.0 Å². The number of nitrogens with zero attached hydrogens (tertiary/aromatic N) is 2. The van der Waals surface area contributed by atoms with Crippen molar-refractivity contribution >= 4 is 10.8 Å². The molecule has 0 amide bonds. The molecule has 1 N–H and O–H groups in total. The number of fused-ring (bicyclic) bond motifs is 1. The third kappa shape index (κ3) is 4.51. The second kappa shape index (κ2) is 7.53. The molecule has 0 spiro atoms. The lowest BCUT2D eigenvalue weighted by Crippen LogP contribution is -2.38. The van der Waals surface area contributed by atoms with Gasteiger partial charge in [0.15, 0.2) is 0 Å². The number of hydrogen-bond acceptors (Lipinski definition) is 3. The molecule has 0 saturated heterocycles. The maximum atomic E-state index is 4.19. The van der Waals surface area contributed by atoms with Crippen LogP contribution in [0.15, 0.2) is 36.7 Å². The van der Waals surface area contributed by atoms with Gasteiger partial charge in [-0.2, -0.15) is 0 Å². The third-order valence-electron chi connectivity index (χ3n) is 3.94. The largest absolute Gasteiger partial charge is 0.311 e. The monoisotopic (exact) mass is 285 g/mol. The van der Waals surface area contributed by atoms with Gasteiger partial charge in [-0.3, -0.25) is 4.98 Å². The fraction of sp³-hybridized carbons (Fsp3) is 0.500. The van der Waals surface area contributed by atoms with Crippen molar-refractivity contribution in [1.29, 1.82) is 0 Å². The molecule has 114 valence electrons. The predicted molar refractivity (Wildman–Crippen MR) is 90.4 cm³/mol. The number of benzene rings is 1. The highest BCUT2D eigenvalue weighted by Gasteiger charge is 2.12. The summed E-state index contributed by atoms with van der Waals surface area (Å²) < 4.78 is 0. The van der Waals surface area contributed by atoms with Gasteiger partial charge in [0.2, 0.25) is 0 Å². The van der Waals surface area contributed by atoms with Crippen LogP contribution >= 0.6 is 0 Å². The highest BCUT2D eigenvalue weighted by atomic mass is 15.1. The smallest absolute Gasteiger partial charge is 0.0346 e. The van der Waals surface area contributed by atoms with E-state index in [1.165, 1.54) is 22.8 Å². The van der Waals surface area contributed by atoms with E-state index in [2.05, 4.69) is 67.4 Å². The molecule has 0 aliphatic heterocycles. The van der Waals surface area contributed by atoms with Crippen LogP contribution < -0.4 is 5.32 Å². The minimum absolute atomic E-state index is 0.585. The molecule has 2 aromatic rings. The average Bonchev–Trinajstić information content (AvgIpc) is 2.46. The quantitative estimate of drug-likeness (QED) is 0.846. The van der Waals surface area contributed by atoms with E-state index in [0.717, 1.165) is 19.0 Å². The Hall–Kier alpha value is -1.45. The van der Waals surface area contributed by atoms with Crippen molar-refractivity contribution in [3.8, 4) is 0 Å². The average molecular weight is 285 g/mol. The lowest BCUT2D eigenvalue weighted by atomic mass is 10.0. The Morgan fingerprint density at radius 1 is 1.19 bits per heavy atom. The first-order valence-corrected chi connectivity index (χ1v) is 7.76. The molecule has 1 aromatic carbocycles. The van der Waals surface area contributed by atoms with Crippen LogP contribution in [0.4, 0.5) is 0 Å². The Morgan fingerprint density at radius 2 is 2.00 bits per heavy atom. The molecule has 3 heteroatoms. The number of rotatable bonds is 7. The van der Waals surface area contributed by atoms with Crippen LogP contribution in [-0.4, -0.2) is 36.6 Å². The normalized spacial score (nSPS) is 13.2. The van der Waals surface area contributed by atoms with E-state index in [9.17, 15) is 0 Å². The van der Waals surface area contributed by atoms with Crippen LogP contribution in [0, 0.1) is 5.92 Å². The molecule has 1 aromatic heterocycles. The molecule has 0 saturated carbocycles. The Kier molecular flexibility index (Phi) is 5.71. The fourth-order valence-corrected chi connectivity index (χ4v) is 2.74. The Bertz CT molecular complexity index is 558. The summed E-state index contributed by atoms with van der Waals surface area (Å²) in [5, 5.41) is 6.13. The molecule has 1 atom stereocenters. The zero-order chi connectivity index (χ0) is 15.2. The van der Waals surface area contributed by atoms with Crippen LogP contribution in [0.25, 0.3) is 10.8 Å². The van der Waals surface area contributed by atoms with Gasteiger partial charge in [0, 0.05) is 36.9 Å². The summed E-state index contributed by atoms with van der Waals surface area (Å²) in [6, 6.07) is 9.11. The van der Waals surface area contributed by atoms with Crippen molar-refractivity contribution in [2.75, 3.05) is 20.6 Å². The molecule has 0 bridgehead atoms. The topological polar surface area (TPSA) is 28.2 Å². The maximum Gasteiger partial charge on any atom is 0.0346 e. The van der Waals surface area contributed by atoms with E-state index in [4.69, 9.17) is 0 Å². The van der Waals surface area contributed by atoms with Crippen molar-refractivity contribution < 1.29 is 0 Å². The number of pyridine rings is 1. The van der Waals surface area contributed by atoms with Crippen molar-refractivity contribution in [3.05, 3.63) is 42.2 Å². The standard InChI is InChI=1S/C18H27N3/c1-14(2)10-17(21(3)4)13-20-12-16-7-5-6-15-11-19-9-8-18(15)16/h5-9,11,14,17,20H,10,12-13H2,1-4H3. The zero-order valence-corrected chi connectivity index (χ0v) is 13.6. The van der Waals surface area contributed by atoms with Gasteiger partial charge in [0.1, 0.15) is 0 Å². The number of hydrogen-bond donors (Lipinski definition) is 1. The summed E-state index contributed by atoms with van der Waals surface area (Å²) in [6.07, 6.45) is 5.02. The Labute approximate surface area is 128 Å². The van der Waals surface area contributed by atoms with Crippen LogP contribution in [-0.2, 0) is 6.54 Å². The second-order valence-corrected chi connectivity index (χ2v) is 6.39. The van der Waals surface area contributed by atoms with Gasteiger partial charge in [0.25, 0.3) is 0 Å². The molecule has 1 unspecified atom stereocenters. The number of likely N-dealkylation sites (N-methyl/N-ethyl adjacent to an activating group) is 1. The predicted octanol–water partition coefficient (Wildman–Crippen LogP) is 3.30. The first kappa shape index (κ1) is 15.9. The summed E-state index contributed by atoms with van der Waals surface area (Å²) in [5.74, 6) is 0.725. The lowest BCUT2D eigenvalue weighted by molar-refractivity contribution is 0.247. The molecule has 1 heterocycles. The summed E-state index contributed by atoms with van der Waals surface area (Å²) in [4.78, 5) is 6.51. The maximum absolute atomic E-state index is 4.19. The number of nitrogens with one attached hydrogen (secondary N) is 1. The van der Waals surface area contributed by atoms with Crippen molar-refractivity contribution in [2.45, 2.75) is 32.9 Å². The zero-order valence-electron chi connectivity index (χ0n) is 13.6. The fourth-order valence-electron chi connectivity index (χ4n) is 2.74. The van der Waals surface area contributed by atoms with Crippen molar-refractivity contribution in [1.82, 2.24) is 15.2 Å².